The lowest BCUT2D eigenvalue weighted by molar-refractivity contribution is -0.138. The van der Waals surface area contributed by atoms with Crippen molar-refractivity contribution in [2.45, 2.75) is 25.4 Å². The van der Waals surface area contributed by atoms with E-state index in [1.54, 1.807) is 17.0 Å². The Morgan fingerprint density at radius 2 is 1.97 bits per heavy atom. The highest BCUT2D eigenvalue weighted by atomic mass is 35.5. The second kappa shape index (κ2) is 9.49. The molecular weight excluding hydrogens is 416 g/mol. The lowest BCUT2D eigenvalue weighted by Gasteiger charge is -2.21. The maximum atomic E-state index is 12.8. The number of β-amino-alcohol motifs (C(OH)–C–C–N with tert-alkyl or cyclic N) is 1. The molecule has 2 amide bonds. The maximum absolute atomic E-state index is 12.8. The van der Waals surface area contributed by atoms with Crippen LogP contribution < -0.4 is 0 Å². The first-order chi connectivity index (χ1) is 15.0. The molecule has 2 aromatic carbocycles. The molecule has 1 saturated heterocycles. The number of nitrogens with zero attached hydrogens (tertiary/aromatic N) is 3. The number of rotatable bonds is 6. The number of aliphatic hydroxyl groups excluding tert-OH is 1. The summed E-state index contributed by atoms with van der Waals surface area (Å²) in [6.45, 7) is 0.895. The van der Waals surface area contributed by atoms with E-state index in [-0.39, 0.29) is 37.9 Å². The van der Waals surface area contributed by atoms with Gasteiger partial charge in [0, 0.05) is 37.5 Å². The minimum Gasteiger partial charge on any atom is -0.389 e. The minimum absolute atomic E-state index is 0.0135. The van der Waals surface area contributed by atoms with Crippen LogP contribution in [0.4, 0.5) is 0 Å². The van der Waals surface area contributed by atoms with Gasteiger partial charge in [0.15, 0.2) is 0 Å². The number of H-pyrrole nitrogens is 1. The second-order valence-electron chi connectivity index (χ2n) is 7.85. The number of aliphatic hydroxyl groups is 1. The molecule has 2 heterocycles. The Bertz CT molecular complexity index is 1070. The van der Waals surface area contributed by atoms with Gasteiger partial charge in [-0.25, -0.2) is 4.98 Å². The monoisotopic (exact) mass is 440 g/mol. The molecule has 3 aromatic rings. The Kier molecular flexibility index (Phi) is 6.53. The molecule has 0 radical (unpaired) electrons. The second-order valence-corrected chi connectivity index (χ2v) is 8.28. The van der Waals surface area contributed by atoms with Crippen molar-refractivity contribution in [2.75, 3.05) is 26.2 Å². The summed E-state index contributed by atoms with van der Waals surface area (Å²) in [4.78, 5) is 36.2. The van der Waals surface area contributed by atoms with Gasteiger partial charge < -0.3 is 19.9 Å². The van der Waals surface area contributed by atoms with Gasteiger partial charge in [-0.3, -0.25) is 9.59 Å². The van der Waals surface area contributed by atoms with Crippen molar-refractivity contribution in [3.05, 3.63) is 64.9 Å². The number of aromatic nitrogens is 2. The first kappa shape index (κ1) is 21.3. The fourth-order valence-corrected chi connectivity index (χ4v) is 4.02. The number of amides is 2. The van der Waals surface area contributed by atoms with Crippen LogP contribution in [-0.2, 0) is 22.4 Å². The van der Waals surface area contributed by atoms with Crippen molar-refractivity contribution in [1.82, 2.24) is 19.8 Å². The van der Waals surface area contributed by atoms with Crippen LogP contribution in [0.25, 0.3) is 11.0 Å². The van der Waals surface area contributed by atoms with Crippen molar-refractivity contribution in [1.29, 1.82) is 0 Å². The summed E-state index contributed by atoms with van der Waals surface area (Å²) in [6.07, 6.45) is 0.573. The van der Waals surface area contributed by atoms with Gasteiger partial charge in [-0.15, -0.1) is 0 Å². The van der Waals surface area contributed by atoms with Crippen molar-refractivity contribution in [3.8, 4) is 0 Å². The van der Waals surface area contributed by atoms with Crippen LogP contribution in [0.5, 0.6) is 0 Å². The molecule has 162 valence electrons. The van der Waals surface area contributed by atoms with Gasteiger partial charge in [0.25, 0.3) is 0 Å². The molecule has 0 spiro atoms. The smallest absolute Gasteiger partial charge is 0.242 e. The molecule has 4 rings (SSSR count). The van der Waals surface area contributed by atoms with Crippen molar-refractivity contribution < 1.29 is 14.7 Å². The number of fused-ring (bicyclic) bond motifs is 1. The quantitative estimate of drug-likeness (QED) is 0.616. The van der Waals surface area contributed by atoms with E-state index in [0.29, 0.717) is 30.2 Å². The molecule has 7 nitrogen and oxygen atoms in total. The molecule has 8 heteroatoms. The number of imidazole rings is 1. The van der Waals surface area contributed by atoms with E-state index in [9.17, 15) is 14.7 Å². The van der Waals surface area contributed by atoms with Crippen LogP contribution in [0, 0.1) is 0 Å². The molecule has 1 unspecified atom stereocenters. The molecule has 0 saturated carbocycles. The van der Waals surface area contributed by atoms with Gasteiger partial charge in [0.1, 0.15) is 5.82 Å². The number of hydrogen-bond acceptors (Lipinski definition) is 4. The third-order valence-corrected chi connectivity index (χ3v) is 5.71. The average molecular weight is 441 g/mol. The van der Waals surface area contributed by atoms with Gasteiger partial charge in [0.2, 0.25) is 11.8 Å². The summed E-state index contributed by atoms with van der Waals surface area (Å²) < 4.78 is 0. The Labute approximate surface area is 185 Å². The topological polar surface area (TPSA) is 89.5 Å². The molecule has 1 aliphatic heterocycles. The molecule has 31 heavy (non-hydrogen) atoms. The largest absolute Gasteiger partial charge is 0.389 e. The van der Waals surface area contributed by atoms with E-state index in [4.69, 9.17) is 11.6 Å². The first-order valence-corrected chi connectivity index (χ1v) is 10.8. The number of carbonyl (C=O) groups is 2. The number of aryl methyl sites for hydroxylation is 1. The SMILES string of the molecule is O=C1CN(C(=O)CCc2nc3ccc(Cl)cc3[nH]2)CC(O)CN1CCc1ccccc1. The highest BCUT2D eigenvalue weighted by molar-refractivity contribution is 6.31. The molecule has 1 atom stereocenters. The van der Waals surface area contributed by atoms with Crippen LogP contribution in [0.3, 0.4) is 0 Å². The summed E-state index contributed by atoms with van der Waals surface area (Å²) in [7, 11) is 0. The van der Waals surface area contributed by atoms with Gasteiger partial charge in [-0.05, 0) is 30.2 Å². The number of hydrogen-bond donors (Lipinski definition) is 2. The van der Waals surface area contributed by atoms with Crippen LogP contribution in [0.2, 0.25) is 5.02 Å². The van der Waals surface area contributed by atoms with Crippen LogP contribution in [0.1, 0.15) is 17.8 Å². The molecule has 1 aliphatic rings. The molecule has 2 N–H and O–H groups in total. The summed E-state index contributed by atoms with van der Waals surface area (Å²) in [6, 6.07) is 15.3. The molecule has 0 bridgehead atoms. The van der Waals surface area contributed by atoms with E-state index in [0.717, 1.165) is 16.6 Å². The fraction of sp³-hybridized carbons (Fsp3) is 0.348. The average Bonchev–Trinajstić information content (AvgIpc) is 3.10. The predicted octanol–water partition coefficient (Wildman–Crippen LogP) is 2.42. The molecule has 0 aliphatic carbocycles. The minimum atomic E-state index is -0.764. The summed E-state index contributed by atoms with van der Waals surface area (Å²) >= 11 is 6.00. The zero-order valence-corrected chi connectivity index (χ0v) is 17.9. The molecule has 1 fully saturated rings. The Morgan fingerprint density at radius 1 is 1.16 bits per heavy atom. The maximum Gasteiger partial charge on any atom is 0.242 e. The van der Waals surface area contributed by atoms with E-state index in [2.05, 4.69) is 9.97 Å². The predicted molar refractivity (Wildman–Crippen MR) is 119 cm³/mol. The van der Waals surface area contributed by atoms with Crippen molar-refractivity contribution >= 4 is 34.4 Å². The van der Waals surface area contributed by atoms with E-state index >= 15 is 0 Å². The summed E-state index contributed by atoms with van der Waals surface area (Å²) in [5, 5.41) is 11.0. The van der Waals surface area contributed by atoms with Crippen LogP contribution in [-0.4, -0.2) is 69.0 Å². The molecule has 1 aromatic heterocycles. The van der Waals surface area contributed by atoms with E-state index < -0.39 is 6.10 Å². The van der Waals surface area contributed by atoms with E-state index in [1.165, 1.54) is 4.90 Å². The zero-order valence-electron chi connectivity index (χ0n) is 17.1. The van der Waals surface area contributed by atoms with Gasteiger partial charge in [-0.1, -0.05) is 41.9 Å². The number of nitrogens with one attached hydrogen (secondary N) is 1. The standard InChI is InChI=1S/C23H25ClN4O3/c24-17-6-7-19-20(12-17)26-21(25-19)8-9-22(30)28-14-18(29)13-27(23(31)15-28)11-10-16-4-2-1-3-5-16/h1-7,12,18,29H,8-11,13-15H2,(H,25,26). The number of carbonyl (C=O) groups excluding carboxylic acids is 2. The fourth-order valence-electron chi connectivity index (χ4n) is 3.85. The van der Waals surface area contributed by atoms with Crippen molar-refractivity contribution in [2.24, 2.45) is 0 Å². The normalized spacial score (nSPS) is 17.2. The molecular formula is C23H25ClN4O3. The lowest BCUT2D eigenvalue weighted by atomic mass is 10.1. The highest BCUT2D eigenvalue weighted by Gasteiger charge is 2.29. The number of aromatic amines is 1. The summed E-state index contributed by atoms with van der Waals surface area (Å²) in [5.41, 5.74) is 2.75. The van der Waals surface area contributed by atoms with Gasteiger partial charge >= 0.3 is 0 Å². The van der Waals surface area contributed by atoms with Gasteiger partial charge in [0.05, 0.1) is 23.7 Å². The number of benzene rings is 2. The van der Waals surface area contributed by atoms with Crippen LogP contribution in [0.15, 0.2) is 48.5 Å². The highest BCUT2D eigenvalue weighted by Crippen LogP contribution is 2.18. The Morgan fingerprint density at radius 3 is 2.77 bits per heavy atom. The Balaban J connectivity index is 1.34. The van der Waals surface area contributed by atoms with E-state index in [1.807, 2.05) is 36.4 Å². The van der Waals surface area contributed by atoms with Crippen LogP contribution >= 0.6 is 11.6 Å². The summed E-state index contributed by atoms with van der Waals surface area (Å²) in [5.74, 6) is 0.381. The third kappa shape index (κ3) is 5.42. The number of halogens is 1. The van der Waals surface area contributed by atoms with Gasteiger partial charge in [-0.2, -0.15) is 0 Å². The first-order valence-electron chi connectivity index (χ1n) is 10.4. The lowest BCUT2D eigenvalue weighted by Crippen LogP contribution is -2.40. The zero-order chi connectivity index (χ0) is 21.8. The third-order valence-electron chi connectivity index (χ3n) is 5.48. The Hall–Kier alpha value is -2.90. The van der Waals surface area contributed by atoms with Crippen molar-refractivity contribution in [3.63, 3.8) is 0 Å².